The van der Waals surface area contributed by atoms with Gasteiger partial charge in [0.05, 0.1) is 0 Å². The molecule has 1 heterocycles. The normalized spacial score (nSPS) is 18.8. The second-order valence-corrected chi connectivity index (χ2v) is 5.37. The third-order valence-corrected chi connectivity index (χ3v) is 3.70. The van der Waals surface area contributed by atoms with Crippen LogP contribution in [0.1, 0.15) is 44.3 Å². The monoisotopic (exact) mass is 247 g/mol. The highest BCUT2D eigenvalue weighted by molar-refractivity contribution is 5.49. The van der Waals surface area contributed by atoms with E-state index in [4.69, 9.17) is 10.8 Å². The molecule has 0 atom stereocenters. The average Bonchev–Trinajstić information content (AvgIpc) is 3.29. The molecule has 0 aromatic carbocycles. The van der Waals surface area contributed by atoms with Crippen molar-refractivity contribution in [1.29, 1.82) is 0 Å². The fraction of sp³-hybridized carbons (Fsp3) is 0.692. The van der Waals surface area contributed by atoms with E-state index in [2.05, 4.69) is 22.2 Å². The molecule has 2 fully saturated rings. The molecule has 18 heavy (non-hydrogen) atoms. The second-order valence-electron chi connectivity index (χ2n) is 5.37. The molecule has 0 spiro atoms. The molecule has 0 amide bonds. The number of nitrogens with two attached hydrogens (primary N) is 1. The van der Waals surface area contributed by atoms with E-state index < -0.39 is 0 Å². The zero-order valence-electron chi connectivity index (χ0n) is 10.9. The largest absolute Gasteiger partial charge is 0.356 e. The van der Waals surface area contributed by atoms with Crippen molar-refractivity contribution in [3.63, 3.8) is 0 Å². The molecule has 5 nitrogen and oxygen atoms in total. The first-order valence-electron chi connectivity index (χ1n) is 6.90. The van der Waals surface area contributed by atoms with Crippen LogP contribution in [0.5, 0.6) is 0 Å². The molecule has 98 valence electrons. The van der Waals surface area contributed by atoms with Crippen LogP contribution in [0.2, 0.25) is 0 Å². The third kappa shape index (κ3) is 2.56. The lowest BCUT2D eigenvalue weighted by Crippen LogP contribution is -2.27. The van der Waals surface area contributed by atoms with Crippen molar-refractivity contribution >= 4 is 11.6 Å². The van der Waals surface area contributed by atoms with Crippen molar-refractivity contribution in [3.05, 3.63) is 11.9 Å². The number of nitrogen functional groups attached to an aromatic ring is 1. The first-order chi connectivity index (χ1) is 8.80. The molecule has 0 saturated heterocycles. The van der Waals surface area contributed by atoms with Gasteiger partial charge in [-0.15, -0.1) is 0 Å². The van der Waals surface area contributed by atoms with Crippen LogP contribution in [0.15, 0.2) is 6.07 Å². The van der Waals surface area contributed by atoms with Crippen molar-refractivity contribution in [2.45, 2.75) is 38.5 Å². The highest BCUT2D eigenvalue weighted by Gasteiger charge is 2.29. The summed E-state index contributed by atoms with van der Waals surface area (Å²) in [6, 6.07) is 1.96. The molecule has 1 aromatic heterocycles. The lowest BCUT2D eigenvalue weighted by Gasteiger charge is -2.22. The number of anilines is 2. The molecule has 0 unspecified atom stereocenters. The Balaban J connectivity index is 1.85. The van der Waals surface area contributed by atoms with E-state index >= 15 is 0 Å². The summed E-state index contributed by atoms with van der Waals surface area (Å²) in [4.78, 5) is 11.5. The van der Waals surface area contributed by atoms with Crippen LogP contribution in [-0.2, 0) is 0 Å². The van der Waals surface area contributed by atoms with E-state index in [-0.39, 0.29) is 0 Å². The van der Waals surface area contributed by atoms with Gasteiger partial charge in [0.1, 0.15) is 17.5 Å². The Hall–Kier alpha value is -1.36. The molecule has 0 aliphatic heterocycles. The lowest BCUT2D eigenvalue weighted by atomic mass is 10.3. The van der Waals surface area contributed by atoms with Crippen LogP contribution in [0.25, 0.3) is 0 Å². The predicted molar refractivity (Wildman–Crippen MR) is 72.4 cm³/mol. The summed E-state index contributed by atoms with van der Waals surface area (Å²) in [5.74, 6) is 9.63. The maximum absolute atomic E-state index is 5.50. The van der Waals surface area contributed by atoms with Crippen LogP contribution < -0.4 is 16.2 Å². The molecule has 0 bridgehead atoms. The van der Waals surface area contributed by atoms with E-state index in [1.807, 2.05) is 6.07 Å². The summed E-state index contributed by atoms with van der Waals surface area (Å²) >= 11 is 0. The number of hydrogen-bond acceptors (Lipinski definition) is 5. The van der Waals surface area contributed by atoms with Gasteiger partial charge in [-0.05, 0) is 38.5 Å². The van der Waals surface area contributed by atoms with Crippen molar-refractivity contribution in [3.8, 4) is 0 Å². The molecule has 1 aromatic rings. The summed E-state index contributed by atoms with van der Waals surface area (Å²) in [6.45, 7) is 4.28. The molecule has 5 heteroatoms. The Morgan fingerprint density at radius 2 is 2.11 bits per heavy atom. The van der Waals surface area contributed by atoms with E-state index in [1.165, 1.54) is 25.7 Å². The van der Waals surface area contributed by atoms with Gasteiger partial charge in [-0.2, -0.15) is 0 Å². The van der Waals surface area contributed by atoms with Crippen molar-refractivity contribution in [1.82, 2.24) is 9.97 Å². The number of nitrogens with one attached hydrogen (secondary N) is 1. The minimum atomic E-state index is 0.552. The maximum atomic E-state index is 5.50. The summed E-state index contributed by atoms with van der Waals surface area (Å²) in [5.41, 5.74) is 2.66. The minimum absolute atomic E-state index is 0.552. The molecule has 2 aliphatic carbocycles. The standard InChI is InChI=1S/C13H21N5/c1-2-18(8-9-3-4-9)12-7-11(17-14)15-13(16-12)10-5-6-10/h7,9-10H,2-6,8,14H2,1H3,(H,15,16,17). The van der Waals surface area contributed by atoms with Gasteiger partial charge < -0.3 is 10.3 Å². The first-order valence-corrected chi connectivity index (χ1v) is 6.90. The van der Waals surface area contributed by atoms with Crippen LogP contribution in [0.4, 0.5) is 11.6 Å². The second kappa shape index (κ2) is 4.72. The topological polar surface area (TPSA) is 67.1 Å². The Morgan fingerprint density at radius 3 is 2.67 bits per heavy atom. The zero-order chi connectivity index (χ0) is 12.5. The molecule has 3 rings (SSSR count). The van der Waals surface area contributed by atoms with Gasteiger partial charge in [-0.3, -0.25) is 0 Å². The predicted octanol–water partition coefficient (Wildman–Crippen LogP) is 1.88. The van der Waals surface area contributed by atoms with Gasteiger partial charge in [0, 0.05) is 25.1 Å². The summed E-state index contributed by atoms with van der Waals surface area (Å²) in [6.07, 6.45) is 5.14. The first kappa shape index (κ1) is 11.7. The Bertz CT molecular complexity index is 425. The molecule has 2 saturated carbocycles. The zero-order valence-corrected chi connectivity index (χ0v) is 10.9. The third-order valence-electron chi connectivity index (χ3n) is 3.70. The van der Waals surface area contributed by atoms with Gasteiger partial charge in [0.25, 0.3) is 0 Å². The van der Waals surface area contributed by atoms with Gasteiger partial charge in [0.15, 0.2) is 0 Å². The number of rotatable bonds is 6. The van der Waals surface area contributed by atoms with Gasteiger partial charge in [0.2, 0.25) is 0 Å². The van der Waals surface area contributed by atoms with Crippen molar-refractivity contribution in [2.75, 3.05) is 23.4 Å². The number of aromatic nitrogens is 2. The summed E-state index contributed by atoms with van der Waals surface area (Å²) < 4.78 is 0. The van der Waals surface area contributed by atoms with Crippen molar-refractivity contribution < 1.29 is 0 Å². The number of nitrogens with zero attached hydrogens (tertiary/aromatic N) is 3. The molecular weight excluding hydrogens is 226 g/mol. The summed E-state index contributed by atoms with van der Waals surface area (Å²) in [7, 11) is 0. The van der Waals surface area contributed by atoms with E-state index in [9.17, 15) is 0 Å². The molecular formula is C13H21N5. The van der Waals surface area contributed by atoms with Crippen LogP contribution >= 0.6 is 0 Å². The highest BCUT2D eigenvalue weighted by atomic mass is 15.3. The van der Waals surface area contributed by atoms with Crippen LogP contribution in [-0.4, -0.2) is 23.1 Å². The van der Waals surface area contributed by atoms with E-state index in [0.717, 1.165) is 36.5 Å². The SMILES string of the molecule is CCN(CC1CC1)c1cc(NN)nc(C2CC2)n1. The Kier molecular flexibility index (Phi) is 3.07. The van der Waals surface area contributed by atoms with Gasteiger partial charge in [-0.25, -0.2) is 15.8 Å². The highest BCUT2D eigenvalue weighted by Crippen LogP contribution is 2.39. The average molecular weight is 247 g/mol. The fourth-order valence-electron chi connectivity index (χ4n) is 2.21. The lowest BCUT2D eigenvalue weighted by molar-refractivity contribution is 0.725. The maximum Gasteiger partial charge on any atom is 0.145 e. The Morgan fingerprint density at radius 1 is 1.33 bits per heavy atom. The number of hydrogen-bond donors (Lipinski definition) is 2. The summed E-state index contributed by atoms with van der Waals surface area (Å²) in [5, 5.41) is 0. The minimum Gasteiger partial charge on any atom is -0.356 e. The smallest absolute Gasteiger partial charge is 0.145 e. The van der Waals surface area contributed by atoms with Gasteiger partial charge >= 0.3 is 0 Å². The molecule has 0 radical (unpaired) electrons. The van der Waals surface area contributed by atoms with E-state index in [0.29, 0.717) is 5.92 Å². The molecule has 2 aliphatic rings. The van der Waals surface area contributed by atoms with Crippen LogP contribution in [0, 0.1) is 5.92 Å². The van der Waals surface area contributed by atoms with Crippen molar-refractivity contribution in [2.24, 2.45) is 11.8 Å². The van der Waals surface area contributed by atoms with Gasteiger partial charge in [-0.1, -0.05) is 0 Å². The quantitative estimate of drug-likeness (QED) is 0.593. The fourth-order valence-corrected chi connectivity index (χ4v) is 2.21. The van der Waals surface area contributed by atoms with E-state index in [1.54, 1.807) is 0 Å². The number of hydrazine groups is 1. The molecule has 3 N–H and O–H groups in total. The van der Waals surface area contributed by atoms with Crippen LogP contribution in [0.3, 0.4) is 0 Å². The Labute approximate surface area is 108 Å².